The normalized spacial score (nSPS) is 61.2. The summed E-state index contributed by atoms with van der Waals surface area (Å²) in [6, 6.07) is 0. The third-order valence-corrected chi connectivity index (χ3v) is 8.61. The molecule has 0 radical (unpaired) electrons. The molecule has 0 aliphatic heterocycles. The minimum Gasteiger partial charge on any atom is -0.393 e. The first-order valence-electron chi connectivity index (χ1n) is 9.40. The van der Waals surface area contributed by atoms with Crippen LogP contribution in [0.25, 0.3) is 0 Å². The lowest BCUT2D eigenvalue weighted by molar-refractivity contribution is -0.135. The quantitative estimate of drug-likeness (QED) is 0.645. The first-order chi connectivity index (χ1) is 10.4. The maximum absolute atomic E-state index is 10.5. The summed E-state index contributed by atoms with van der Waals surface area (Å²) in [7, 11) is 0. The number of hydrogen-bond donors (Lipinski definition) is 3. The van der Waals surface area contributed by atoms with Crippen molar-refractivity contribution in [2.24, 2.45) is 34.5 Å². The van der Waals surface area contributed by atoms with Crippen molar-refractivity contribution in [1.82, 2.24) is 0 Å². The number of fused-ring (bicyclic) bond motifs is 5. The van der Waals surface area contributed by atoms with E-state index < -0.39 is 12.2 Å². The summed E-state index contributed by atoms with van der Waals surface area (Å²) >= 11 is 0. The predicted molar refractivity (Wildman–Crippen MR) is 85.1 cm³/mol. The zero-order chi connectivity index (χ0) is 15.7. The van der Waals surface area contributed by atoms with Crippen LogP contribution in [0.2, 0.25) is 0 Å². The lowest BCUT2D eigenvalue weighted by atomic mass is 9.45. The van der Waals surface area contributed by atoms with E-state index in [4.69, 9.17) is 0 Å². The zero-order valence-corrected chi connectivity index (χ0v) is 14.0. The average molecular weight is 308 g/mol. The van der Waals surface area contributed by atoms with Crippen molar-refractivity contribution in [3.05, 3.63) is 0 Å². The van der Waals surface area contributed by atoms with E-state index in [-0.39, 0.29) is 11.5 Å². The Kier molecular flexibility index (Phi) is 3.46. The Labute approximate surface area is 134 Å². The highest BCUT2D eigenvalue weighted by Crippen LogP contribution is 2.66. The zero-order valence-electron chi connectivity index (χ0n) is 14.0. The van der Waals surface area contributed by atoms with Crippen molar-refractivity contribution in [1.29, 1.82) is 0 Å². The third-order valence-electron chi connectivity index (χ3n) is 8.61. The van der Waals surface area contributed by atoms with Gasteiger partial charge in [0.25, 0.3) is 0 Å². The SMILES string of the molecule is C[C@]12CC[C@H]3[C@@H](CCC4C[C@H](O)CC[C@@]43C)[C@@H]1C[C@@H](O)[C@@H]2O. The van der Waals surface area contributed by atoms with E-state index in [1.54, 1.807) is 0 Å². The van der Waals surface area contributed by atoms with Gasteiger partial charge in [-0.15, -0.1) is 0 Å². The summed E-state index contributed by atoms with van der Waals surface area (Å²) in [5.74, 6) is 2.57. The molecule has 4 fully saturated rings. The molecule has 3 nitrogen and oxygen atoms in total. The van der Waals surface area contributed by atoms with Crippen LogP contribution in [-0.2, 0) is 0 Å². The van der Waals surface area contributed by atoms with Crippen LogP contribution in [0.1, 0.15) is 65.2 Å². The third kappa shape index (κ3) is 1.91. The summed E-state index contributed by atoms with van der Waals surface area (Å²) in [5, 5.41) is 30.8. The highest BCUT2D eigenvalue weighted by atomic mass is 16.3. The Morgan fingerprint density at radius 3 is 2.27 bits per heavy atom. The van der Waals surface area contributed by atoms with E-state index in [9.17, 15) is 15.3 Å². The second kappa shape index (κ2) is 4.94. The molecule has 4 saturated carbocycles. The lowest BCUT2D eigenvalue weighted by Gasteiger charge is -2.60. The van der Waals surface area contributed by atoms with Gasteiger partial charge in [0.15, 0.2) is 0 Å². The van der Waals surface area contributed by atoms with E-state index in [2.05, 4.69) is 13.8 Å². The molecular formula is C19H32O3. The van der Waals surface area contributed by atoms with Crippen molar-refractivity contribution >= 4 is 0 Å². The predicted octanol–water partition coefficient (Wildman–Crippen LogP) is 2.72. The second-order valence-corrected chi connectivity index (χ2v) is 9.38. The molecule has 22 heavy (non-hydrogen) atoms. The lowest BCUT2D eigenvalue weighted by Crippen LogP contribution is -2.54. The van der Waals surface area contributed by atoms with Gasteiger partial charge >= 0.3 is 0 Å². The number of rotatable bonds is 0. The van der Waals surface area contributed by atoms with Gasteiger partial charge in [-0.1, -0.05) is 13.8 Å². The van der Waals surface area contributed by atoms with Crippen LogP contribution in [0.5, 0.6) is 0 Å². The highest BCUT2D eigenvalue weighted by Gasteiger charge is 2.61. The maximum atomic E-state index is 10.5. The Hall–Kier alpha value is -0.120. The molecule has 4 aliphatic rings. The summed E-state index contributed by atoms with van der Waals surface area (Å²) in [4.78, 5) is 0. The number of hydrogen-bond acceptors (Lipinski definition) is 3. The van der Waals surface area contributed by atoms with E-state index in [0.717, 1.165) is 38.0 Å². The molecule has 126 valence electrons. The van der Waals surface area contributed by atoms with Gasteiger partial charge in [-0.05, 0) is 85.9 Å². The van der Waals surface area contributed by atoms with E-state index in [1.807, 2.05) is 0 Å². The molecule has 0 amide bonds. The molecule has 1 unspecified atom stereocenters. The van der Waals surface area contributed by atoms with Gasteiger partial charge in [0.05, 0.1) is 18.3 Å². The van der Waals surface area contributed by atoms with Crippen LogP contribution >= 0.6 is 0 Å². The van der Waals surface area contributed by atoms with Crippen molar-refractivity contribution in [3.8, 4) is 0 Å². The maximum Gasteiger partial charge on any atom is 0.0855 e. The van der Waals surface area contributed by atoms with Crippen LogP contribution in [0.15, 0.2) is 0 Å². The highest BCUT2D eigenvalue weighted by molar-refractivity contribution is 5.11. The minimum absolute atomic E-state index is 0.0715. The molecule has 0 bridgehead atoms. The van der Waals surface area contributed by atoms with Crippen molar-refractivity contribution in [2.75, 3.05) is 0 Å². The van der Waals surface area contributed by atoms with Gasteiger partial charge in [0.2, 0.25) is 0 Å². The fourth-order valence-electron chi connectivity index (χ4n) is 7.22. The fraction of sp³-hybridized carbons (Fsp3) is 1.00. The first-order valence-corrected chi connectivity index (χ1v) is 9.40. The van der Waals surface area contributed by atoms with Gasteiger partial charge in [-0.25, -0.2) is 0 Å². The largest absolute Gasteiger partial charge is 0.393 e. The molecule has 3 heteroatoms. The molecule has 0 aromatic heterocycles. The van der Waals surface area contributed by atoms with E-state index in [0.29, 0.717) is 23.2 Å². The van der Waals surface area contributed by atoms with Crippen molar-refractivity contribution in [3.63, 3.8) is 0 Å². The van der Waals surface area contributed by atoms with E-state index in [1.165, 1.54) is 19.3 Å². The molecule has 9 atom stereocenters. The molecule has 4 rings (SSSR count). The van der Waals surface area contributed by atoms with E-state index >= 15 is 0 Å². The van der Waals surface area contributed by atoms with Crippen LogP contribution < -0.4 is 0 Å². The number of aliphatic hydroxyl groups excluding tert-OH is 3. The molecule has 0 aromatic rings. The Bertz CT molecular complexity index is 452. The van der Waals surface area contributed by atoms with Gasteiger partial charge in [-0.3, -0.25) is 0 Å². The standard InChI is InChI=1S/C19H32O3/c1-18-7-5-12(20)9-11(18)3-4-13-14(18)6-8-19(2)15(13)10-16(21)17(19)22/h11-17,20-22H,3-10H2,1-2H3/t11?,12-,13-,14+,15+,16-,17+,18+,19+/m1/s1. The number of aliphatic hydroxyl groups is 3. The van der Waals surface area contributed by atoms with Crippen molar-refractivity contribution < 1.29 is 15.3 Å². The monoisotopic (exact) mass is 308 g/mol. The Balaban J connectivity index is 1.63. The molecule has 0 spiro atoms. The molecule has 0 saturated heterocycles. The minimum atomic E-state index is -0.530. The summed E-state index contributed by atoms with van der Waals surface area (Å²) in [6.45, 7) is 4.69. The summed E-state index contributed by atoms with van der Waals surface area (Å²) in [5.41, 5.74) is 0.305. The van der Waals surface area contributed by atoms with Crippen molar-refractivity contribution in [2.45, 2.75) is 83.5 Å². The first kappa shape index (κ1) is 15.4. The van der Waals surface area contributed by atoms with Gasteiger partial charge in [0, 0.05) is 0 Å². The smallest absolute Gasteiger partial charge is 0.0855 e. The van der Waals surface area contributed by atoms with Crippen LogP contribution in [-0.4, -0.2) is 33.6 Å². The Morgan fingerprint density at radius 1 is 0.773 bits per heavy atom. The summed E-state index contributed by atoms with van der Waals surface area (Å²) in [6.07, 6.45) is 7.49. The Morgan fingerprint density at radius 2 is 1.50 bits per heavy atom. The van der Waals surface area contributed by atoms with Crippen LogP contribution in [0.3, 0.4) is 0 Å². The second-order valence-electron chi connectivity index (χ2n) is 9.38. The topological polar surface area (TPSA) is 60.7 Å². The average Bonchev–Trinajstić information content (AvgIpc) is 2.72. The molecule has 0 aromatic carbocycles. The summed E-state index contributed by atoms with van der Waals surface area (Å²) < 4.78 is 0. The van der Waals surface area contributed by atoms with Gasteiger partial charge in [0.1, 0.15) is 0 Å². The molecular weight excluding hydrogens is 276 g/mol. The van der Waals surface area contributed by atoms with Gasteiger partial charge in [-0.2, -0.15) is 0 Å². The molecule has 0 heterocycles. The molecule has 4 aliphatic carbocycles. The fourth-order valence-corrected chi connectivity index (χ4v) is 7.22. The molecule has 3 N–H and O–H groups in total. The van der Waals surface area contributed by atoms with Crippen LogP contribution in [0.4, 0.5) is 0 Å². The van der Waals surface area contributed by atoms with Gasteiger partial charge < -0.3 is 15.3 Å². The van der Waals surface area contributed by atoms with Crippen LogP contribution in [0, 0.1) is 34.5 Å².